The number of aliphatic carboxylic acids is 1. The molecule has 2 heterocycles. The van der Waals surface area contributed by atoms with Crippen molar-refractivity contribution < 1.29 is 19.5 Å². The number of hydrogen-bond acceptors (Lipinski definition) is 5. The minimum atomic E-state index is -0.867. The lowest BCUT2D eigenvalue weighted by Gasteiger charge is -2.56. The van der Waals surface area contributed by atoms with E-state index in [1.165, 1.54) is 13.1 Å². The van der Waals surface area contributed by atoms with Crippen LogP contribution in [0.5, 0.6) is 0 Å². The van der Waals surface area contributed by atoms with Crippen molar-refractivity contribution in [1.82, 2.24) is 9.97 Å². The van der Waals surface area contributed by atoms with Gasteiger partial charge in [0.1, 0.15) is 21.9 Å². The van der Waals surface area contributed by atoms with E-state index in [4.69, 9.17) is 28.3 Å². The van der Waals surface area contributed by atoms with Gasteiger partial charge >= 0.3 is 5.97 Å². The minimum absolute atomic E-state index is 0.00975. The second-order valence-electron chi connectivity index (χ2n) is 11.7. The van der Waals surface area contributed by atoms with Crippen molar-refractivity contribution in [2.24, 2.45) is 0 Å². The van der Waals surface area contributed by atoms with Crippen molar-refractivity contribution in [2.75, 3.05) is 0 Å². The zero-order chi connectivity index (χ0) is 52.4. The summed E-state index contributed by atoms with van der Waals surface area (Å²) in [5.74, 6) is -1.08. The first-order valence-corrected chi connectivity index (χ1v) is 93.3. The zero-order valence-electron chi connectivity index (χ0n) is 35.1. The van der Waals surface area contributed by atoms with Crippen molar-refractivity contribution in [3.63, 3.8) is 0 Å². The highest BCUT2D eigenvalue weighted by Gasteiger charge is 2.56. The first-order chi connectivity index (χ1) is 30.8. The van der Waals surface area contributed by atoms with E-state index < -0.39 is 5.97 Å². The molecular weight excluding hydrogens is 1670 g/mol. The lowest BCUT2D eigenvalue weighted by molar-refractivity contribution is -0.136. The van der Waals surface area contributed by atoms with Gasteiger partial charge in [0.15, 0.2) is 0 Å². The van der Waals surface area contributed by atoms with Gasteiger partial charge in [0, 0.05) is 18.8 Å². The molecule has 0 amide bonds. The van der Waals surface area contributed by atoms with Crippen molar-refractivity contribution in [2.45, 2.75) is 26.2 Å². The fraction of sp³-hybridized carbons (Fsp3) is 0.235. The molecule has 23 unspecified atom stereocenters. The van der Waals surface area contributed by atoms with Crippen molar-refractivity contribution in [3.8, 4) is 0 Å². The topological polar surface area (TPSA) is 97.2 Å². The number of ketones is 2. The lowest BCUT2D eigenvalue weighted by Crippen LogP contribution is -2.07. The van der Waals surface area contributed by atoms with Gasteiger partial charge in [-0.1, -0.05) is 35.3 Å². The van der Waals surface area contributed by atoms with E-state index in [-0.39, 0.29) is 171 Å². The SMILES string of the molecule is CC(=O)CC(=O)Cc1ccc(Cl)nc1.O=C(O)Cc1ccc(Cl)nc1.PP(P)P(P(P)P)P(P(P)P)P(P(P(P(P)P)P(P)P)P(P(P)P)P(P)P)P(P(P(P)P)P(P)P)P(P(P)P)P(P)P. The van der Waals surface area contributed by atoms with Gasteiger partial charge in [0.2, 0.25) is 0 Å². The molecule has 6 nitrogen and oxygen atoms in total. The number of rotatable bonds is 25. The quantitative estimate of drug-likeness (QED) is 0.0604. The Labute approximate surface area is 484 Å². The van der Waals surface area contributed by atoms with Gasteiger partial charge in [-0.15, -0.1) is 196 Å². The van der Waals surface area contributed by atoms with Crippen LogP contribution < -0.4 is 0 Å². The molecule has 0 fully saturated rings. The first-order valence-electron chi connectivity index (χ1n) is 16.7. The number of carboxylic acid groups (broad SMARTS) is 1. The van der Waals surface area contributed by atoms with Crippen LogP contribution >= 0.6 is 359 Å². The van der Waals surface area contributed by atoms with E-state index in [9.17, 15) is 14.4 Å². The molecule has 0 spiro atoms. The molecule has 0 aromatic carbocycles. The maximum Gasteiger partial charge on any atom is 0.307 e. The Hall–Kier alpha value is 15.7. The second-order valence-corrected chi connectivity index (χ2v) is 184. The number of halogens is 2. The Bertz CT molecular complexity index is 1610. The molecule has 0 aliphatic carbocycles. The standard InChI is InChI=1S/C10H10ClNO2.C7H6ClNO2.H44P42/c1-7(13)4-9(14)5-8-2-3-10(11)12-6-8;8-6-2-1-5(4-9-6)3-7(10)11;1-23(2)34(24(3)4)39(33(21)22)42(40(35(25(5)6)26(7)8)36(27(9)10)28(11)12)41(37(29(13)14)30(15)16)38(31(17)18)32(19)20/h2-3,6H,4-5H2,1H3;1-2,4H,3H2,(H,10,11);1-22H2. The van der Waals surface area contributed by atoms with Crippen molar-refractivity contribution >= 4 is 377 Å². The summed E-state index contributed by atoms with van der Waals surface area (Å²) in [6, 6.07) is 6.56. The number of pyridine rings is 2. The molecule has 0 saturated carbocycles. The fourth-order valence-electron chi connectivity index (χ4n) is 4.18. The zero-order valence-corrected chi connectivity index (χ0v) is 79.9. The molecule has 0 aliphatic rings. The Morgan fingerprint density at radius 2 is 0.657 bits per heavy atom. The van der Waals surface area contributed by atoms with Crippen molar-refractivity contribution in [1.29, 1.82) is 0 Å². The summed E-state index contributed by atoms with van der Waals surface area (Å²) in [6.45, 7) is -0.787. The Morgan fingerprint density at radius 3 is 0.866 bits per heavy atom. The third-order valence-corrected chi connectivity index (χ3v) is 291. The van der Waals surface area contributed by atoms with E-state index in [1.54, 1.807) is 30.5 Å². The average Bonchev–Trinajstić information content (AvgIpc) is 3.14. The fourth-order valence-corrected chi connectivity index (χ4v) is 590. The van der Waals surface area contributed by atoms with Crippen LogP contribution in [0.1, 0.15) is 24.5 Å². The summed E-state index contributed by atoms with van der Waals surface area (Å²) in [4.78, 5) is 39.6. The molecule has 0 saturated heterocycles. The van der Waals surface area contributed by atoms with Crippen LogP contribution in [0, 0.1) is 0 Å². The van der Waals surface area contributed by atoms with E-state index in [1.807, 2.05) is 0 Å². The molecule has 1 N–H and O–H groups in total. The molecule has 0 bridgehead atoms. The normalized spacial score (nSPS) is 13.1. The summed E-state index contributed by atoms with van der Waals surface area (Å²) >= 11 is 11.1. The van der Waals surface area contributed by atoms with Crippen LogP contribution in [-0.2, 0) is 27.2 Å². The third-order valence-electron chi connectivity index (χ3n) is 6.33. The Balaban J connectivity index is 0.00000139. The van der Waals surface area contributed by atoms with Crippen LogP contribution in [0.2, 0.25) is 10.3 Å². The van der Waals surface area contributed by atoms with E-state index >= 15 is 0 Å². The van der Waals surface area contributed by atoms with Gasteiger partial charge in [0.05, 0.1) is 12.8 Å². The summed E-state index contributed by atoms with van der Waals surface area (Å²) in [5.41, 5.74) is 1.43. The van der Waals surface area contributed by atoms with Crippen molar-refractivity contribution in [3.05, 3.63) is 58.1 Å². The van der Waals surface area contributed by atoms with Gasteiger partial charge in [-0.05, 0) is 170 Å². The third kappa shape index (κ3) is 34.0. The summed E-state index contributed by atoms with van der Waals surface area (Å²) in [5, 5.41) is 9.15. The molecule has 2 rings (SSSR count). The molecule has 0 radical (unpaired) electrons. The molecule has 67 heavy (non-hydrogen) atoms. The maximum atomic E-state index is 11.2. The van der Waals surface area contributed by atoms with E-state index in [2.05, 4.69) is 206 Å². The molecule has 2 aromatic rings. The van der Waals surface area contributed by atoms with Crippen LogP contribution in [0.4, 0.5) is 0 Å². The number of carboxylic acids is 1. The van der Waals surface area contributed by atoms with Gasteiger partial charge in [-0.2, -0.15) is 0 Å². The predicted octanol–water partition coefficient (Wildman–Crippen LogP) is 27.6. The average molecular weight is 1730 g/mol. The van der Waals surface area contributed by atoms with Crippen LogP contribution in [-0.4, -0.2) is 32.6 Å². The molecule has 2 aromatic heterocycles. The highest BCUT2D eigenvalue weighted by molar-refractivity contribution is 9.49. The predicted molar refractivity (Wildman–Crippen MR) is 446 cm³/mol. The number of hydrogen-bond donors (Lipinski definition) is 1. The van der Waals surface area contributed by atoms with Gasteiger partial charge in [-0.3, -0.25) is 14.4 Å². The molecule has 0 aliphatic heterocycles. The minimum Gasteiger partial charge on any atom is -0.481 e. The maximum absolute atomic E-state index is 11.2. The Kier molecular flexibility index (Phi) is 56.7. The lowest BCUT2D eigenvalue weighted by atomic mass is 10.1. The van der Waals surface area contributed by atoms with Crippen LogP contribution in [0.3, 0.4) is 0 Å². The Morgan fingerprint density at radius 1 is 0.418 bits per heavy atom. The highest BCUT2D eigenvalue weighted by Crippen LogP contribution is 3.43. The van der Waals surface area contributed by atoms with E-state index in [0.717, 1.165) is 5.56 Å². The number of nitrogens with zero attached hydrogens (tertiary/aromatic N) is 2. The summed E-state index contributed by atoms with van der Waals surface area (Å²) in [7, 11) is 75.0. The largest absolute Gasteiger partial charge is 0.481 e. The second kappa shape index (κ2) is 45.9. The summed E-state index contributed by atoms with van der Waals surface area (Å²) < 4.78 is 0. The summed E-state index contributed by atoms with van der Waals surface area (Å²) in [6.07, 6.45) is 3.22. The van der Waals surface area contributed by atoms with Gasteiger partial charge in [0.25, 0.3) is 0 Å². The number of aromatic nitrogens is 2. The van der Waals surface area contributed by atoms with Crippen LogP contribution in [0.15, 0.2) is 36.7 Å². The number of carbonyl (C=O) groups excluding carboxylic acids is 2. The number of Topliss-reactive ketones (excluding diaryl/α,β-unsaturated/α-hetero) is 2. The monoisotopic (exact) mass is 1730 g/mol. The molecule has 386 valence electrons. The van der Waals surface area contributed by atoms with Gasteiger partial charge in [-0.25, -0.2) is 9.97 Å². The van der Waals surface area contributed by atoms with E-state index in [0.29, 0.717) is 15.9 Å². The molecular formula is C17H60Cl2N2O4P42. The molecule has 50 heteroatoms. The first kappa shape index (κ1) is 82.8. The van der Waals surface area contributed by atoms with Gasteiger partial charge < -0.3 is 5.11 Å². The number of carbonyl (C=O) groups is 3. The van der Waals surface area contributed by atoms with Crippen LogP contribution in [0.25, 0.3) is 0 Å². The molecule has 23 atom stereocenters. The smallest absolute Gasteiger partial charge is 0.307 e. The highest BCUT2D eigenvalue weighted by atomic mass is 35.5.